The van der Waals surface area contributed by atoms with Gasteiger partial charge in [-0.1, -0.05) is 6.92 Å². The Kier molecular flexibility index (Phi) is 5.95. The largest absolute Gasteiger partial charge is 0.482 e. The quantitative estimate of drug-likeness (QED) is 0.841. The number of hydrogen-bond donors (Lipinski definition) is 1. The minimum absolute atomic E-state index is 0.0797. The minimum Gasteiger partial charge on any atom is -0.482 e. The van der Waals surface area contributed by atoms with Crippen molar-refractivity contribution in [3.05, 3.63) is 23.8 Å². The standard InChI is InChI=1S/C18H24N2O4/c1-12-6-8-20(9-7-12)18(23)11-24-17-10-15(13(2)21)4-5-16(17)19-14(3)22/h4-5,10,12H,6-9,11H2,1-3H3,(H,19,22). The predicted octanol–water partition coefficient (Wildman–Crippen LogP) is 2.48. The molecular formula is C18H24N2O4. The van der Waals surface area contributed by atoms with Crippen LogP contribution in [0.15, 0.2) is 18.2 Å². The lowest BCUT2D eigenvalue weighted by molar-refractivity contribution is -0.134. The first-order chi connectivity index (χ1) is 11.4. The highest BCUT2D eigenvalue weighted by molar-refractivity contribution is 5.96. The highest BCUT2D eigenvalue weighted by Crippen LogP contribution is 2.26. The number of nitrogens with zero attached hydrogens (tertiary/aromatic N) is 1. The van der Waals surface area contributed by atoms with E-state index in [2.05, 4.69) is 12.2 Å². The highest BCUT2D eigenvalue weighted by Gasteiger charge is 2.21. The minimum atomic E-state index is -0.244. The van der Waals surface area contributed by atoms with Crippen LogP contribution in [0.2, 0.25) is 0 Å². The van der Waals surface area contributed by atoms with E-state index in [0.29, 0.717) is 22.9 Å². The first kappa shape index (κ1) is 18.0. The number of Topliss-reactive ketones (excluding diaryl/α,β-unsaturated/α-hetero) is 1. The molecule has 2 amide bonds. The molecule has 1 saturated heterocycles. The maximum atomic E-state index is 12.3. The Hall–Kier alpha value is -2.37. The molecule has 1 aromatic rings. The molecule has 0 aromatic heterocycles. The summed E-state index contributed by atoms with van der Waals surface area (Å²) in [6, 6.07) is 4.79. The SMILES string of the molecule is CC(=O)Nc1ccc(C(C)=O)cc1OCC(=O)N1CCC(C)CC1. The molecule has 1 aromatic carbocycles. The number of likely N-dealkylation sites (tertiary alicyclic amines) is 1. The van der Waals surface area contributed by atoms with Crippen LogP contribution in [0, 0.1) is 5.92 Å². The third kappa shape index (κ3) is 4.81. The summed E-state index contributed by atoms with van der Waals surface area (Å²) in [4.78, 5) is 36.9. The number of carbonyl (C=O) groups is 3. The van der Waals surface area contributed by atoms with Gasteiger partial charge in [-0.2, -0.15) is 0 Å². The molecule has 2 rings (SSSR count). The van der Waals surface area contributed by atoms with Crippen LogP contribution in [0.1, 0.15) is 44.0 Å². The zero-order valence-electron chi connectivity index (χ0n) is 14.4. The van der Waals surface area contributed by atoms with Gasteiger partial charge in [0.2, 0.25) is 5.91 Å². The molecule has 130 valence electrons. The molecule has 1 heterocycles. The van der Waals surface area contributed by atoms with Crippen LogP contribution in [0.5, 0.6) is 5.75 Å². The highest BCUT2D eigenvalue weighted by atomic mass is 16.5. The van der Waals surface area contributed by atoms with E-state index in [1.165, 1.54) is 13.8 Å². The topological polar surface area (TPSA) is 75.7 Å². The molecule has 0 radical (unpaired) electrons. The zero-order valence-corrected chi connectivity index (χ0v) is 14.4. The molecule has 0 bridgehead atoms. The van der Waals surface area contributed by atoms with Gasteiger partial charge in [0.25, 0.3) is 5.91 Å². The van der Waals surface area contributed by atoms with Gasteiger partial charge in [-0.3, -0.25) is 14.4 Å². The molecule has 1 aliphatic heterocycles. The average Bonchev–Trinajstić information content (AvgIpc) is 2.53. The molecule has 1 fully saturated rings. The van der Waals surface area contributed by atoms with Crippen LogP contribution >= 0.6 is 0 Å². The summed E-state index contributed by atoms with van der Waals surface area (Å²) in [6.07, 6.45) is 2.01. The van der Waals surface area contributed by atoms with Crippen LogP contribution in [-0.4, -0.2) is 42.2 Å². The van der Waals surface area contributed by atoms with E-state index in [9.17, 15) is 14.4 Å². The van der Waals surface area contributed by atoms with E-state index in [-0.39, 0.29) is 24.2 Å². The second-order valence-corrected chi connectivity index (χ2v) is 6.30. The maximum absolute atomic E-state index is 12.3. The van der Waals surface area contributed by atoms with Gasteiger partial charge in [-0.15, -0.1) is 0 Å². The Morgan fingerprint density at radius 1 is 1.21 bits per heavy atom. The Labute approximate surface area is 142 Å². The van der Waals surface area contributed by atoms with Crippen LogP contribution in [0.25, 0.3) is 0 Å². The Morgan fingerprint density at radius 3 is 2.46 bits per heavy atom. The van der Waals surface area contributed by atoms with Gasteiger partial charge in [0.15, 0.2) is 12.4 Å². The number of amides is 2. The number of anilines is 1. The number of hydrogen-bond acceptors (Lipinski definition) is 4. The van der Waals surface area contributed by atoms with Crippen LogP contribution in [-0.2, 0) is 9.59 Å². The first-order valence-corrected chi connectivity index (χ1v) is 8.20. The smallest absolute Gasteiger partial charge is 0.260 e. The maximum Gasteiger partial charge on any atom is 0.260 e. The predicted molar refractivity (Wildman–Crippen MR) is 91.2 cm³/mol. The number of benzene rings is 1. The van der Waals surface area contributed by atoms with Crippen molar-refractivity contribution in [2.75, 3.05) is 25.0 Å². The van der Waals surface area contributed by atoms with Gasteiger partial charge in [-0.25, -0.2) is 0 Å². The third-order valence-corrected chi connectivity index (χ3v) is 4.19. The van der Waals surface area contributed by atoms with Gasteiger partial charge in [-0.05, 0) is 43.9 Å². The van der Waals surface area contributed by atoms with Gasteiger partial charge < -0.3 is 15.0 Å². The number of ether oxygens (including phenoxy) is 1. The second kappa shape index (κ2) is 7.95. The number of nitrogens with one attached hydrogen (secondary N) is 1. The zero-order chi connectivity index (χ0) is 17.7. The Balaban J connectivity index is 2.06. The van der Waals surface area contributed by atoms with Crippen molar-refractivity contribution in [2.45, 2.75) is 33.6 Å². The normalized spacial score (nSPS) is 15.0. The summed E-state index contributed by atoms with van der Waals surface area (Å²) >= 11 is 0. The molecule has 0 saturated carbocycles. The average molecular weight is 332 g/mol. The monoisotopic (exact) mass is 332 g/mol. The number of ketones is 1. The van der Waals surface area contributed by atoms with Gasteiger partial charge in [0.1, 0.15) is 5.75 Å². The van der Waals surface area contributed by atoms with Crippen LogP contribution < -0.4 is 10.1 Å². The summed E-state index contributed by atoms with van der Waals surface area (Å²) < 4.78 is 5.61. The van der Waals surface area contributed by atoms with Crippen molar-refractivity contribution < 1.29 is 19.1 Å². The summed E-state index contributed by atoms with van der Waals surface area (Å²) in [7, 11) is 0. The molecule has 6 nitrogen and oxygen atoms in total. The van der Waals surface area contributed by atoms with Crippen molar-refractivity contribution >= 4 is 23.3 Å². The Morgan fingerprint density at radius 2 is 1.88 bits per heavy atom. The van der Waals surface area contributed by atoms with E-state index in [4.69, 9.17) is 4.74 Å². The lowest BCUT2D eigenvalue weighted by Gasteiger charge is -2.30. The number of piperidine rings is 1. The summed E-state index contributed by atoms with van der Waals surface area (Å²) in [6.45, 7) is 6.42. The van der Waals surface area contributed by atoms with Crippen molar-refractivity contribution in [1.29, 1.82) is 0 Å². The summed E-state index contributed by atoms with van der Waals surface area (Å²) in [5.74, 6) is 0.548. The van der Waals surface area contributed by atoms with Crippen molar-refractivity contribution in [2.24, 2.45) is 5.92 Å². The molecule has 0 unspecified atom stereocenters. The van der Waals surface area contributed by atoms with Gasteiger partial charge in [0, 0.05) is 25.6 Å². The molecule has 24 heavy (non-hydrogen) atoms. The first-order valence-electron chi connectivity index (χ1n) is 8.20. The van der Waals surface area contributed by atoms with E-state index in [1.54, 1.807) is 23.1 Å². The number of rotatable bonds is 5. The van der Waals surface area contributed by atoms with Crippen LogP contribution in [0.4, 0.5) is 5.69 Å². The second-order valence-electron chi connectivity index (χ2n) is 6.30. The van der Waals surface area contributed by atoms with E-state index in [1.807, 2.05) is 0 Å². The van der Waals surface area contributed by atoms with Gasteiger partial charge >= 0.3 is 0 Å². The molecule has 6 heteroatoms. The molecule has 0 spiro atoms. The van der Waals surface area contributed by atoms with Crippen molar-refractivity contribution in [3.8, 4) is 5.75 Å². The lowest BCUT2D eigenvalue weighted by Crippen LogP contribution is -2.40. The molecule has 0 aliphatic carbocycles. The summed E-state index contributed by atoms with van der Waals surface area (Å²) in [5, 5.41) is 2.65. The summed E-state index contributed by atoms with van der Waals surface area (Å²) in [5.41, 5.74) is 0.922. The fraction of sp³-hybridized carbons (Fsp3) is 0.500. The Bertz CT molecular complexity index is 634. The fourth-order valence-corrected chi connectivity index (χ4v) is 2.64. The molecule has 0 atom stereocenters. The number of carbonyl (C=O) groups excluding carboxylic acids is 3. The van der Waals surface area contributed by atoms with E-state index in [0.717, 1.165) is 25.9 Å². The van der Waals surface area contributed by atoms with E-state index < -0.39 is 0 Å². The van der Waals surface area contributed by atoms with Crippen molar-refractivity contribution in [3.63, 3.8) is 0 Å². The third-order valence-electron chi connectivity index (χ3n) is 4.19. The molecule has 1 N–H and O–H groups in total. The lowest BCUT2D eigenvalue weighted by atomic mass is 9.99. The van der Waals surface area contributed by atoms with Crippen molar-refractivity contribution in [1.82, 2.24) is 4.90 Å². The van der Waals surface area contributed by atoms with Crippen LogP contribution in [0.3, 0.4) is 0 Å². The van der Waals surface area contributed by atoms with E-state index >= 15 is 0 Å². The van der Waals surface area contributed by atoms with Gasteiger partial charge in [0.05, 0.1) is 5.69 Å². The molecule has 1 aliphatic rings. The molecular weight excluding hydrogens is 308 g/mol. The fourth-order valence-electron chi connectivity index (χ4n) is 2.64.